The van der Waals surface area contributed by atoms with E-state index < -0.39 is 11.6 Å². The molecule has 1 amide bonds. The molecule has 0 aromatic heterocycles. The van der Waals surface area contributed by atoms with Crippen LogP contribution in [0.2, 0.25) is 0 Å². The summed E-state index contributed by atoms with van der Waals surface area (Å²) in [5, 5.41) is 3.53. The zero-order valence-corrected chi connectivity index (χ0v) is 23.1. The van der Waals surface area contributed by atoms with Crippen LogP contribution in [0, 0.1) is 17.6 Å². The molecule has 0 saturated carbocycles. The Morgan fingerprint density at radius 1 is 1.13 bits per heavy atom. The smallest absolute Gasteiger partial charge is 0.226 e. The number of nitrogens with zero attached hydrogens (tertiary/aromatic N) is 2. The minimum absolute atomic E-state index is 0.0680. The Morgan fingerprint density at radius 3 is 2.50 bits per heavy atom. The van der Waals surface area contributed by atoms with Crippen molar-refractivity contribution in [2.75, 3.05) is 39.8 Å². The number of piperidine rings is 1. The number of ether oxygens (including phenoxy) is 1. The van der Waals surface area contributed by atoms with Gasteiger partial charge in [0.25, 0.3) is 0 Å². The van der Waals surface area contributed by atoms with Gasteiger partial charge >= 0.3 is 0 Å². The predicted molar refractivity (Wildman–Crippen MR) is 148 cm³/mol. The highest BCUT2D eigenvalue weighted by Gasteiger charge is 2.34. The number of carbonyl (C=O) groups is 1. The molecule has 8 heteroatoms. The van der Waals surface area contributed by atoms with Crippen molar-refractivity contribution in [3.05, 3.63) is 65.2 Å². The predicted octanol–water partition coefficient (Wildman–Crippen LogP) is 4.36. The van der Waals surface area contributed by atoms with Crippen LogP contribution in [0.5, 0.6) is 5.75 Å². The lowest BCUT2D eigenvalue weighted by Gasteiger charge is -2.41. The van der Waals surface area contributed by atoms with E-state index in [0.717, 1.165) is 62.7 Å². The zero-order chi connectivity index (χ0) is 27.5. The first-order valence-corrected chi connectivity index (χ1v) is 13.9. The second-order valence-corrected chi connectivity index (χ2v) is 10.4. The van der Waals surface area contributed by atoms with Crippen molar-refractivity contribution in [1.29, 1.82) is 0 Å². The number of likely N-dealkylation sites (tertiary alicyclic amines) is 1. The fourth-order valence-electron chi connectivity index (χ4n) is 5.47. The number of nitrogens with one attached hydrogen (secondary N) is 1. The number of nitrogens with two attached hydrogens (primary N) is 1. The molecule has 1 heterocycles. The minimum atomic E-state index is -0.601. The maximum atomic E-state index is 13.9. The third kappa shape index (κ3) is 8.75. The largest absolute Gasteiger partial charge is 0.497 e. The quantitative estimate of drug-likeness (QED) is 0.380. The van der Waals surface area contributed by atoms with Crippen molar-refractivity contribution in [3.63, 3.8) is 0 Å². The molecule has 1 fully saturated rings. The van der Waals surface area contributed by atoms with E-state index in [2.05, 4.69) is 24.1 Å². The molecule has 0 aliphatic carbocycles. The third-order valence-electron chi connectivity index (χ3n) is 7.27. The van der Waals surface area contributed by atoms with Crippen molar-refractivity contribution in [1.82, 2.24) is 15.1 Å². The maximum absolute atomic E-state index is 13.9. The molecule has 0 spiro atoms. The van der Waals surface area contributed by atoms with E-state index in [0.29, 0.717) is 31.6 Å². The molecule has 3 atom stereocenters. The van der Waals surface area contributed by atoms with E-state index in [1.807, 2.05) is 29.2 Å². The molecule has 210 valence electrons. The number of rotatable bonds is 14. The lowest BCUT2D eigenvalue weighted by molar-refractivity contribution is -0.137. The van der Waals surface area contributed by atoms with Crippen LogP contribution < -0.4 is 15.8 Å². The topological polar surface area (TPSA) is 70.8 Å². The Balaban J connectivity index is 1.74. The molecule has 1 aliphatic heterocycles. The van der Waals surface area contributed by atoms with Crippen LogP contribution in [0.4, 0.5) is 8.78 Å². The van der Waals surface area contributed by atoms with E-state index in [1.54, 1.807) is 7.11 Å². The van der Waals surface area contributed by atoms with Gasteiger partial charge in [0.1, 0.15) is 17.4 Å². The number of amides is 1. The maximum Gasteiger partial charge on any atom is 0.226 e. The standard InChI is InChI=1S/C30H44F2N4O2/c1-4-11-35(12-5-2)30(37)24-9-7-13-36(21-24)29(20-34-19-22-8-6-10-27(16-22)38-3)28(33)17-23-14-25(31)18-26(32)15-23/h6,8,10,14-16,18,24,28-29,34H,4-5,7,9,11-13,17,19-21,33H2,1-3H3. The van der Waals surface area contributed by atoms with Crippen molar-refractivity contribution < 1.29 is 18.3 Å². The van der Waals surface area contributed by atoms with Gasteiger partial charge < -0.3 is 20.7 Å². The van der Waals surface area contributed by atoms with E-state index >= 15 is 0 Å². The lowest BCUT2D eigenvalue weighted by atomic mass is 9.91. The van der Waals surface area contributed by atoms with Gasteiger partial charge in [-0.05, 0) is 74.0 Å². The number of methoxy groups -OCH3 is 1. The number of hydrogen-bond acceptors (Lipinski definition) is 5. The first kappa shape index (κ1) is 30.0. The fourth-order valence-corrected chi connectivity index (χ4v) is 5.47. The average molecular weight is 531 g/mol. The number of benzene rings is 2. The summed E-state index contributed by atoms with van der Waals surface area (Å²) in [5.74, 6) is -0.249. The molecule has 3 N–H and O–H groups in total. The fraction of sp³-hybridized carbons (Fsp3) is 0.567. The SMILES string of the molecule is CCCN(CCC)C(=O)C1CCCN(C(CNCc2cccc(OC)c2)C(N)Cc2cc(F)cc(F)c2)C1. The molecule has 38 heavy (non-hydrogen) atoms. The average Bonchev–Trinajstić information content (AvgIpc) is 2.90. The van der Waals surface area contributed by atoms with Crippen LogP contribution in [0.15, 0.2) is 42.5 Å². The van der Waals surface area contributed by atoms with Crippen LogP contribution in [-0.2, 0) is 17.8 Å². The minimum Gasteiger partial charge on any atom is -0.497 e. The Kier molecular flexibility index (Phi) is 12.0. The monoisotopic (exact) mass is 530 g/mol. The van der Waals surface area contributed by atoms with Gasteiger partial charge in [-0.2, -0.15) is 0 Å². The summed E-state index contributed by atoms with van der Waals surface area (Å²) < 4.78 is 33.1. The lowest BCUT2D eigenvalue weighted by Crippen LogP contribution is -2.57. The molecule has 2 aromatic carbocycles. The van der Waals surface area contributed by atoms with Gasteiger partial charge in [-0.25, -0.2) is 8.78 Å². The first-order valence-electron chi connectivity index (χ1n) is 13.9. The number of halogens is 2. The highest BCUT2D eigenvalue weighted by molar-refractivity contribution is 5.79. The van der Waals surface area contributed by atoms with Crippen LogP contribution in [0.3, 0.4) is 0 Å². The Labute approximate surface area is 226 Å². The van der Waals surface area contributed by atoms with Crippen LogP contribution >= 0.6 is 0 Å². The summed E-state index contributed by atoms with van der Waals surface area (Å²) in [5.41, 5.74) is 8.37. The van der Waals surface area contributed by atoms with Gasteiger partial charge in [0.2, 0.25) is 5.91 Å². The molecule has 1 saturated heterocycles. The molecule has 0 radical (unpaired) electrons. The van der Waals surface area contributed by atoms with Gasteiger partial charge in [0.05, 0.1) is 13.0 Å². The second-order valence-electron chi connectivity index (χ2n) is 10.4. The molecule has 0 bridgehead atoms. The van der Waals surface area contributed by atoms with Crippen LogP contribution in [0.1, 0.15) is 50.7 Å². The first-order chi connectivity index (χ1) is 18.3. The summed E-state index contributed by atoms with van der Waals surface area (Å²) in [6.07, 6.45) is 4.00. The van der Waals surface area contributed by atoms with Gasteiger partial charge in [0, 0.05) is 50.9 Å². The third-order valence-corrected chi connectivity index (χ3v) is 7.27. The highest BCUT2D eigenvalue weighted by Crippen LogP contribution is 2.23. The van der Waals surface area contributed by atoms with Crippen molar-refractivity contribution in [2.45, 2.75) is 64.6 Å². The zero-order valence-electron chi connectivity index (χ0n) is 23.1. The van der Waals surface area contributed by atoms with Gasteiger partial charge in [0.15, 0.2) is 0 Å². The Morgan fingerprint density at radius 2 is 1.84 bits per heavy atom. The molecule has 3 unspecified atom stereocenters. The van der Waals surface area contributed by atoms with Crippen molar-refractivity contribution in [3.8, 4) is 5.75 Å². The molecule has 2 aromatic rings. The van der Waals surface area contributed by atoms with Gasteiger partial charge in [-0.15, -0.1) is 0 Å². The molecule has 1 aliphatic rings. The highest BCUT2D eigenvalue weighted by atomic mass is 19.1. The number of hydrogen-bond donors (Lipinski definition) is 2. The van der Waals surface area contributed by atoms with Gasteiger partial charge in [-0.1, -0.05) is 26.0 Å². The number of carbonyl (C=O) groups excluding carboxylic acids is 1. The van der Waals surface area contributed by atoms with E-state index in [-0.39, 0.29) is 23.9 Å². The summed E-state index contributed by atoms with van der Waals surface area (Å²) in [7, 11) is 1.65. The normalized spacial score (nSPS) is 17.7. The summed E-state index contributed by atoms with van der Waals surface area (Å²) in [4.78, 5) is 17.7. The molecule has 3 rings (SSSR count). The van der Waals surface area contributed by atoms with E-state index in [9.17, 15) is 13.6 Å². The summed E-state index contributed by atoms with van der Waals surface area (Å²) in [6, 6.07) is 11.0. The summed E-state index contributed by atoms with van der Waals surface area (Å²) >= 11 is 0. The van der Waals surface area contributed by atoms with Crippen molar-refractivity contribution >= 4 is 5.91 Å². The molecular formula is C30H44F2N4O2. The molecular weight excluding hydrogens is 486 g/mol. The summed E-state index contributed by atoms with van der Waals surface area (Å²) in [6.45, 7) is 8.44. The van der Waals surface area contributed by atoms with Gasteiger partial charge in [-0.3, -0.25) is 9.69 Å². The second kappa shape index (κ2) is 15.1. The van der Waals surface area contributed by atoms with Crippen LogP contribution in [0.25, 0.3) is 0 Å². The van der Waals surface area contributed by atoms with Crippen molar-refractivity contribution in [2.24, 2.45) is 11.7 Å². The molecule has 6 nitrogen and oxygen atoms in total. The Hall–Kier alpha value is -2.55. The van der Waals surface area contributed by atoms with E-state index in [4.69, 9.17) is 10.5 Å². The Bertz CT molecular complexity index is 995. The van der Waals surface area contributed by atoms with Crippen LogP contribution in [-0.4, -0.2) is 67.6 Å². The van der Waals surface area contributed by atoms with E-state index in [1.165, 1.54) is 12.1 Å².